The molecule has 0 bridgehead atoms. The Bertz CT molecular complexity index is 624. The minimum absolute atomic E-state index is 0.266. The third kappa shape index (κ3) is 1.95. The number of carbonyl (C=O) groups is 1. The molecule has 1 unspecified atom stereocenters. The van der Waals surface area contributed by atoms with Gasteiger partial charge in [0.25, 0.3) is 0 Å². The van der Waals surface area contributed by atoms with Crippen LogP contribution in [-0.4, -0.2) is 21.2 Å². The first-order chi connectivity index (χ1) is 9.11. The third-order valence-corrected chi connectivity index (χ3v) is 4.49. The average molecular weight is 275 g/mol. The predicted molar refractivity (Wildman–Crippen MR) is 71.5 cm³/mol. The number of carboxylic acid groups (broad SMARTS) is 1. The quantitative estimate of drug-likeness (QED) is 0.883. The molecular formula is C14H13NO3S. The zero-order chi connectivity index (χ0) is 13.5. The SMILES string of the molecule is O=C(O)c1ccc2c(c1)CCCC2(O)c1nccs1. The lowest BCUT2D eigenvalue weighted by Gasteiger charge is -2.33. The van der Waals surface area contributed by atoms with Gasteiger partial charge >= 0.3 is 5.97 Å². The Balaban J connectivity index is 2.13. The van der Waals surface area contributed by atoms with E-state index < -0.39 is 11.6 Å². The maximum atomic E-state index is 11.0. The zero-order valence-corrected chi connectivity index (χ0v) is 11.0. The van der Waals surface area contributed by atoms with Gasteiger partial charge in [-0.05, 0) is 42.5 Å². The number of aryl methyl sites for hydroxylation is 1. The van der Waals surface area contributed by atoms with Gasteiger partial charge in [-0.25, -0.2) is 9.78 Å². The molecule has 1 aromatic carbocycles. The average Bonchev–Trinajstić information content (AvgIpc) is 2.93. The van der Waals surface area contributed by atoms with Crippen molar-refractivity contribution < 1.29 is 15.0 Å². The second kappa shape index (κ2) is 4.43. The van der Waals surface area contributed by atoms with E-state index in [0.29, 0.717) is 11.4 Å². The largest absolute Gasteiger partial charge is 0.478 e. The Morgan fingerprint density at radius 3 is 2.95 bits per heavy atom. The van der Waals surface area contributed by atoms with E-state index in [1.807, 2.05) is 5.38 Å². The molecule has 3 rings (SSSR count). The van der Waals surface area contributed by atoms with Crippen LogP contribution in [0.1, 0.15) is 39.3 Å². The summed E-state index contributed by atoms with van der Waals surface area (Å²) in [4.78, 5) is 15.2. The van der Waals surface area contributed by atoms with Crippen LogP contribution in [-0.2, 0) is 12.0 Å². The molecule has 0 amide bonds. The molecule has 1 aromatic heterocycles. The maximum Gasteiger partial charge on any atom is 0.335 e. The topological polar surface area (TPSA) is 70.4 Å². The number of aromatic carboxylic acids is 1. The van der Waals surface area contributed by atoms with E-state index in [0.717, 1.165) is 24.0 Å². The Hall–Kier alpha value is -1.72. The van der Waals surface area contributed by atoms with Gasteiger partial charge in [0.1, 0.15) is 10.6 Å². The van der Waals surface area contributed by atoms with Crippen molar-refractivity contribution in [2.75, 3.05) is 0 Å². The number of aromatic nitrogens is 1. The van der Waals surface area contributed by atoms with Gasteiger partial charge in [0.2, 0.25) is 0 Å². The fourth-order valence-corrected chi connectivity index (χ4v) is 3.44. The van der Waals surface area contributed by atoms with Gasteiger partial charge < -0.3 is 10.2 Å². The van der Waals surface area contributed by atoms with Gasteiger partial charge in [-0.2, -0.15) is 0 Å². The molecule has 0 fully saturated rings. The number of aliphatic hydroxyl groups is 1. The van der Waals surface area contributed by atoms with Gasteiger partial charge in [0.05, 0.1) is 5.56 Å². The summed E-state index contributed by atoms with van der Waals surface area (Å²) in [5.74, 6) is -0.939. The van der Waals surface area contributed by atoms with Crippen LogP contribution in [0.15, 0.2) is 29.8 Å². The van der Waals surface area contributed by atoms with Crippen LogP contribution in [0.5, 0.6) is 0 Å². The Morgan fingerprint density at radius 2 is 2.26 bits per heavy atom. The second-order valence-corrected chi connectivity index (χ2v) is 5.62. The van der Waals surface area contributed by atoms with Crippen LogP contribution in [0.3, 0.4) is 0 Å². The van der Waals surface area contributed by atoms with Gasteiger partial charge in [-0.3, -0.25) is 0 Å². The number of carboxylic acids is 1. The molecule has 19 heavy (non-hydrogen) atoms. The number of hydrogen-bond donors (Lipinski definition) is 2. The van der Waals surface area contributed by atoms with Crippen molar-refractivity contribution in [2.24, 2.45) is 0 Å². The molecule has 0 radical (unpaired) electrons. The number of nitrogens with zero attached hydrogens (tertiary/aromatic N) is 1. The van der Waals surface area contributed by atoms with E-state index in [4.69, 9.17) is 5.11 Å². The molecule has 1 atom stereocenters. The van der Waals surface area contributed by atoms with E-state index in [2.05, 4.69) is 4.98 Å². The molecule has 1 heterocycles. The van der Waals surface area contributed by atoms with Crippen LogP contribution >= 0.6 is 11.3 Å². The van der Waals surface area contributed by atoms with Gasteiger partial charge in [0.15, 0.2) is 0 Å². The maximum absolute atomic E-state index is 11.0. The standard InChI is InChI=1S/C14H13NO3S/c16-12(17)10-3-4-11-9(8-10)2-1-5-14(11,18)13-15-6-7-19-13/h3-4,6-8,18H,1-2,5H2,(H,16,17). The van der Waals surface area contributed by atoms with Crippen molar-refractivity contribution in [3.05, 3.63) is 51.5 Å². The molecule has 0 saturated carbocycles. The number of fused-ring (bicyclic) bond motifs is 1. The fraction of sp³-hybridized carbons (Fsp3) is 0.286. The highest BCUT2D eigenvalue weighted by Crippen LogP contribution is 2.41. The highest BCUT2D eigenvalue weighted by atomic mass is 32.1. The number of rotatable bonds is 2. The molecule has 5 heteroatoms. The first-order valence-corrected chi connectivity index (χ1v) is 6.98. The summed E-state index contributed by atoms with van der Waals surface area (Å²) >= 11 is 1.42. The first kappa shape index (κ1) is 12.3. The van der Waals surface area contributed by atoms with Crippen molar-refractivity contribution in [1.82, 2.24) is 4.98 Å². The molecule has 2 N–H and O–H groups in total. The van der Waals surface area contributed by atoms with Crippen LogP contribution < -0.4 is 0 Å². The zero-order valence-electron chi connectivity index (χ0n) is 10.2. The van der Waals surface area contributed by atoms with E-state index in [1.54, 1.807) is 24.4 Å². The summed E-state index contributed by atoms with van der Waals surface area (Å²) in [5, 5.41) is 22.5. The van der Waals surface area contributed by atoms with Crippen LogP contribution in [0.2, 0.25) is 0 Å². The molecule has 2 aromatic rings. The Kier molecular flexibility index (Phi) is 2.88. The summed E-state index contributed by atoms with van der Waals surface area (Å²) in [6.45, 7) is 0. The molecule has 0 saturated heterocycles. The minimum atomic E-state index is -1.07. The van der Waals surface area contributed by atoms with E-state index in [1.165, 1.54) is 11.3 Å². The minimum Gasteiger partial charge on any atom is -0.478 e. The van der Waals surface area contributed by atoms with Gasteiger partial charge in [0, 0.05) is 11.6 Å². The number of hydrogen-bond acceptors (Lipinski definition) is 4. The predicted octanol–water partition coefficient (Wildman–Crippen LogP) is 2.41. The number of thiazole rings is 1. The van der Waals surface area contributed by atoms with Crippen molar-refractivity contribution in [3.63, 3.8) is 0 Å². The highest BCUT2D eigenvalue weighted by molar-refractivity contribution is 7.09. The molecule has 0 spiro atoms. The lowest BCUT2D eigenvalue weighted by Crippen LogP contribution is -2.32. The monoisotopic (exact) mass is 275 g/mol. The second-order valence-electron chi connectivity index (χ2n) is 4.73. The summed E-state index contributed by atoms with van der Waals surface area (Å²) in [6, 6.07) is 4.93. The summed E-state index contributed by atoms with van der Waals surface area (Å²) in [5.41, 5.74) is 0.892. The number of benzene rings is 1. The van der Waals surface area contributed by atoms with E-state index in [9.17, 15) is 9.90 Å². The van der Waals surface area contributed by atoms with E-state index in [-0.39, 0.29) is 5.56 Å². The normalized spacial score (nSPS) is 21.9. The molecule has 1 aliphatic rings. The van der Waals surface area contributed by atoms with Crippen LogP contribution in [0.4, 0.5) is 0 Å². The van der Waals surface area contributed by atoms with E-state index >= 15 is 0 Å². The smallest absolute Gasteiger partial charge is 0.335 e. The van der Waals surface area contributed by atoms with Crippen molar-refractivity contribution in [2.45, 2.75) is 24.9 Å². The fourth-order valence-electron chi connectivity index (χ4n) is 2.66. The van der Waals surface area contributed by atoms with Gasteiger partial charge in [-0.1, -0.05) is 6.07 Å². The summed E-state index contributed by atoms with van der Waals surface area (Å²) < 4.78 is 0. The van der Waals surface area contributed by atoms with Crippen molar-refractivity contribution in [1.29, 1.82) is 0 Å². The first-order valence-electron chi connectivity index (χ1n) is 6.10. The van der Waals surface area contributed by atoms with Crippen LogP contribution in [0, 0.1) is 0 Å². The molecule has 1 aliphatic carbocycles. The molecule has 4 nitrogen and oxygen atoms in total. The van der Waals surface area contributed by atoms with Crippen molar-refractivity contribution >= 4 is 17.3 Å². The summed E-state index contributed by atoms with van der Waals surface area (Å²) in [7, 11) is 0. The molecular weight excluding hydrogens is 262 g/mol. The van der Waals surface area contributed by atoms with Gasteiger partial charge in [-0.15, -0.1) is 11.3 Å². The highest BCUT2D eigenvalue weighted by Gasteiger charge is 2.38. The lowest BCUT2D eigenvalue weighted by atomic mass is 9.79. The van der Waals surface area contributed by atoms with Crippen molar-refractivity contribution in [3.8, 4) is 0 Å². The Morgan fingerprint density at radius 1 is 1.42 bits per heavy atom. The lowest BCUT2D eigenvalue weighted by molar-refractivity contribution is 0.0607. The molecule has 98 valence electrons. The van der Waals surface area contributed by atoms with Crippen LogP contribution in [0.25, 0.3) is 0 Å². The Labute approximate surface area is 114 Å². The molecule has 0 aliphatic heterocycles. The summed E-state index contributed by atoms with van der Waals surface area (Å²) in [6.07, 6.45) is 3.92. The third-order valence-electron chi connectivity index (χ3n) is 3.57.